The minimum absolute atomic E-state index is 0.00296. The Morgan fingerprint density at radius 3 is 3.08 bits per heavy atom. The topological polar surface area (TPSA) is 67.7 Å². The number of ether oxygens (including phenoxy) is 2. The fourth-order valence-corrected chi connectivity index (χ4v) is 2.59. The van der Waals surface area contributed by atoms with E-state index in [1.165, 1.54) is 12.1 Å². The van der Waals surface area contributed by atoms with E-state index in [9.17, 15) is 9.50 Å². The number of hydrogen-bond acceptors (Lipinski definition) is 6. The molecule has 0 bridgehead atoms. The van der Waals surface area contributed by atoms with Gasteiger partial charge in [0.25, 0.3) is 0 Å². The van der Waals surface area contributed by atoms with E-state index in [1.807, 2.05) is 11.8 Å². The number of hydrogen-bond donors (Lipinski definition) is 1. The van der Waals surface area contributed by atoms with Crippen molar-refractivity contribution in [3.05, 3.63) is 48.2 Å². The molecule has 1 N–H and O–H groups in total. The lowest BCUT2D eigenvalue weighted by Gasteiger charge is -2.31. The molecule has 1 aromatic carbocycles. The molecule has 1 atom stereocenters. The molecule has 1 aliphatic heterocycles. The molecule has 3 rings (SSSR count). The highest BCUT2D eigenvalue weighted by Gasteiger charge is 2.34. The van der Waals surface area contributed by atoms with Crippen molar-refractivity contribution in [2.45, 2.75) is 12.5 Å². The molecule has 0 spiro atoms. The molecule has 0 aliphatic carbocycles. The third kappa shape index (κ3) is 4.18. The second-order valence-electron chi connectivity index (χ2n) is 5.91. The molecule has 2 heterocycles. The zero-order valence-corrected chi connectivity index (χ0v) is 13.5. The molecular weight excluding hydrogens is 313 g/mol. The van der Waals surface area contributed by atoms with E-state index >= 15 is 0 Å². The van der Waals surface area contributed by atoms with E-state index in [2.05, 4.69) is 9.97 Å². The van der Waals surface area contributed by atoms with Gasteiger partial charge in [0, 0.05) is 18.8 Å². The predicted octanol–water partition coefficient (Wildman–Crippen LogP) is 1.57. The summed E-state index contributed by atoms with van der Waals surface area (Å²) in [7, 11) is 0. The summed E-state index contributed by atoms with van der Waals surface area (Å²) < 4.78 is 24.3. The van der Waals surface area contributed by atoms with E-state index in [-0.39, 0.29) is 19.0 Å². The molecule has 0 radical (unpaired) electrons. The fourth-order valence-electron chi connectivity index (χ4n) is 2.59. The number of aryl methyl sites for hydroxylation is 1. The summed E-state index contributed by atoms with van der Waals surface area (Å²) in [5.74, 6) is 1.39. The van der Waals surface area contributed by atoms with Gasteiger partial charge in [-0.15, -0.1) is 0 Å². The number of rotatable bonds is 4. The maximum atomic E-state index is 13.2. The number of halogens is 1. The van der Waals surface area contributed by atoms with Crippen LogP contribution in [0.5, 0.6) is 5.75 Å². The normalized spacial score (nSPS) is 21.4. The lowest BCUT2D eigenvalue weighted by atomic mass is 10.1. The van der Waals surface area contributed by atoms with Crippen molar-refractivity contribution >= 4 is 5.82 Å². The number of nitrogens with zero attached hydrogens (tertiary/aromatic N) is 3. The smallest absolute Gasteiger partial charge is 0.139 e. The molecule has 7 heteroatoms. The Balaban J connectivity index is 1.71. The van der Waals surface area contributed by atoms with Crippen molar-refractivity contribution in [2.75, 3.05) is 37.8 Å². The first-order valence-electron chi connectivity index (χ1n) is 7.77. The third-order valence-corrected chi connectivity index (χ3v) is 3.75. The molecule has 1 unspecified atom stereocenters. The molecule has 0 amide bonds. The summed E-state index contributed by atoms with van der Waals surface area (Å²) in [4.78, 5) is 10.4. The second kappa shape index (κ2) is 7.11. The predicted molar refractivity (Wildman–Crippen MR) is 86.6 cm³/mol. The SMILES string of the molecule is Cc1nccc(N2CCOCC(O)(COc3cccc(F)c3)C2)n1. The van der Waals surface area contributed by atoms with Crippen LogP contribution in [0.25, 0.3) is 0 Å². The van der Waals surface area contributed by atoms with E-state index in [0.717, 1.165) is 5.82 Å². The Morgan fingerprint density at radius 1 is 1.42 bits per heavy atom. The Labute approximate surface area is 139 Å². The van der Waals surface area contributed by atoms with Crippen LogP contribution in [0.3, 0.4) is 0 Å². The maximum Gasteiger partial charge on any atom is 0.139 e. The summed E-state index contributed by atoms with van der Waals surface area (Å²) in [6.45, 7) is 3.35. The van der Waals surface area contributed by atoms with Gasteiger partial charge in [-0.05, 0) is 25.1 Å². The van der Waals surface area contributed by atoms with Crippen LogP contribution in [0, 0.1) is 12.7 Å². The highest BCUT2D eigenvalue weighted by atomic mass is 19.1. The third-order valence-electron chi connectivity index (χ3n) is 3.75. The standard InChI is InChI=1S/C17H20FN3O3/c1-13-19-6-5-16(20-13)21-7-8-23-11-17(22,10-21)12-24-15-4-2-3-14(18)9-15/h2-6,9,22H,7-8,10-12H2,1H3. The zero-order chi connectivity index (χ0) is 17.0. The Kier molecular flexibility index (Phi) is 4.92. The van der Waals surface area contributed by atoms with Crippen molar-refractivity contribution in [1.82, 2.24) is 9.97 Å². The lowest BCUT2D eigenvalue weighted by Crippen LogP contribution is -2.49. The molecular formula is C17H20FN3O3. The molecule has 1 saturated heterocycles. The number of benzene rings is 1. The van der Waals surface area contributed by atoms with Crippen LogP contribution in [-0.2, 0) is 4.74 Å². The molecule has 24 heavy (non-hydrogen) atoms. The summed E-state index contributed by atoms with van der Waals surface area (Å²) in [5, 5.41) is 10.9. The monoisotopic (exact) mass is 333 g/mol. The maximum absolute atomic E-state index is 13.2. The van der Waals surface area contributed by atoms with Crippen molar-refractivity contribution in [3.8, 4) is 5.75 Å². The van der Waals surface area contributed by atoms with Crippen molar-refractivity contribution in [2.24, 2.45) is 0 Å². The summed E-state index contributed by atoms with van der Waals surface area (Å²) in [5.41, 5.74) is -1.22. The highest BCUT2D eigenvalue weighted by Crippen LogP contribution is 2.20. The van der Waals surface area contributed by atoms with Gasteiger partial charge in [0.1, 0.15) is 35.4 Å². The average Bonchev–Trinajstić information content (AvgIpc) is 2.76. The number of aromatic nitrogens is 2. The Bertz CT molecular complexity index is 700. The van der Waals surface area contributed by atoms with E-state index in [1.54, 1.807) is 24.4 Å². The first-order chi connectivity index (χ1) is 11.5. The van der Waals surface area contributed by atoms with Gasteiger partial charge >= 0.3 is 0 Å². The molecule has 2 aromatic rings. The van der Waals surface area contributed by atoms with E-state index in [0.29, 0.717) is 31.3 Å². The van der Waals surface area contributed by atoms with E-state index in [4.69, 9.17) is 9.47 Å². The van der Waals surface area contributed by atoms with Gasteiger partial charge in [0.2, 0.25) is 0 Å². The first kappa shape index (κ1) is 16.6. The summed E-state index contributed by atoms with van der Waals surface area (Å²) >= 11 is 0. The van der Waals surface area contributed by atoms with E-state index < -0.39 is 5.60 Å². The van der Waals surface area contributed by atoms with Gasteiger partial charge < -0.3 is 19.5 Å². The van der Waals surface area contributed by atoms with Crippen molar-refractivity contribution < 1.29 is 19.0 Å². The van der Waals surface area contributed by atoms with Crippen LogP contribution in [0.15, 0.2) is 36.5 Å². The van der Waals surface area contributed by atoms with Gasteiger partial charge in [-0.3, -0.25) is 0 Å². The largest absolute Gasteiger partial charge is 0.490 e. The van der Waals surface area contributed by atoms with Crippen molar-refractivity contribution in [3.63, 3.8) is 0 Å². The molecule has 1 aliphatic rings. The van der Waals surface area contributed by atoms with Crippen LogP contribution < -0.4 is 9.64 Å². The number of aliphatic hydroxyl groups is 1. The van der Waals surface area contributed by atoms with Crippen molar-refractivity contribution in [1.29, 1.82) is 0 Å². The average molecular weight is 333 g/mol. The van der Waals surface area contributed by atoms with Crippen LogP contribution in [0.1, 0.15) is 5.82 Å². The van der Waals surface area contributed by atoms with Crippen LogP contribution in [-0.4, -0.2) is 53.6 Å². The molecule has 6 nitrogen and oxygen atoms in total. The van der Waals surface area contributed by atoms with Crippen LogP contribution in [0.2, 0.25) is 0 Å². The van der Waals surface area contributed by atoms with Gasteiger partial charge in [0.05, 0.1) is 19.8 Å². The van der Waals surface area contributed by atoms with Gasteiger partial charge in [-0.2, -0.15) is 0 Å². The number of β-amino-alcohol motifs (C(OH)–C–C–N with tert-alkyl or cyclic N) is 1. The Morgan fingerprint density at radius 2 is 2.29 bits per heavy atom. The molecule has 0 saturated carbocycles. The zero-order valence-electron chi connectivity index (χ0n) is 13.5. The first-order valence-corrected chi connectivity index (χ1v) is 7.77. The fraction of sp³-hybridized carbons (Fsp3) is 0.412. The molecule has 1 fully saturated rings. The van der Waals surface area contributed by atoms with Gasteiger partial charge in [-0.25, -0.2) is 14.4 Å². The second-order valence-corrected chi connectivity index (χ2v) is 5.91. The number of anilines is 1. The lowest BCUT2D eigenvalue weighted by molar-refractivity contribution is -0.0537. The van der Waals surface area contributed by atoms with Crippen LogP contribution in [0.4, 0.5) is 10.2 Å². The minimum atomic E-state index is -1.22. The highest BCUT2D eigenvalue weighted by molar-refractivity contribution is 5.38. The summed E-state index contributed by atoms with van der Waals surface area (Å²) in [6.07, 6.45) is 1.69. The molecule has 1 aromatic heterocycles. The van der Waals surface area contributed by atoms with Crippen LogP contribution >= 0.6 is 0 Å². The van der Waals surface area contributed by atoms with Gasteiger partial charge in [0.15, 0.2) is 0 Å². The molecule has 128 valence electrons. The summed E-state index contributed by atoms with van der Waals surface area (Å²) in [6, 6.07) is 7.64. The van der Waals surface area contributed by atoms with Gasteiger partial charge in [-0.1, -0.05) is 6.07 Å². The quantitative estimate of drug-likeness (QED) is 0.916. The Hall–Kier alpha value is -2.25. The minimum Gasteiger partial charge on any atom is -0.490 e.